The molecular weight excluding hydrogens is 190 g/mol. The van der Waals surface area contributed by atoms with Crippen LogP contribution in [0, 0.1) is 17.8 Å². The molecule has 2 saturated carbocycles. The Labute approximate surface area is 90.1 Å². The van der Waals surface area contributed by atoms with Crippen LogP contribution in [0.2, 0.25) is 0 Å². The zero-order chi connectivity index (χ0) is 10.6. The van der Waals surface area contributed by atoms with Crippen LogP contribution in [0.1, 0.15) is 12.8 Å². The molecule has 5 atom stereocenters. The van der Waals surface area contributed by atoms with Crippen molar-refractivity contribution in [3.05, 3.63) is 12.7 Å². The lowest BCUT2D eigenvalue weighted by atomic mass is 9.88. The summed E-state index contributed by atoms with van der Waals surface area (Å²) >= 11 is 0. The van der Waals surface area contributed by atoms with E-state index in [4.69, 9.17) is 4.74 Å². The van der Waals surface area contributed by atoms with Crippen LogP contribution in [0.4, 0.5) is 0 Å². The molecule has 2 aliphatic carbocycles. The number of rotatable bonds is 2. The zero-order valence-electron chi connectivity index (χ0n) is 9.06. The van der Waals surface area contributed by atoms with E-state index < -0.39 is 0 Å². The lowest BCUT2D eigenvalue weighted by molar-refractivity contribution is -0.129. The van der Waals surface area contributed by atoms with Gasteiger partial charge in [-0.2, -0.15) is 0 Å². The number of hydrogen-bond acceptors (Lipinski definition) is 2. The molecule has 0 aromatic rings. The Hall–Kier alpha value is -0.830. The predicted octanol–water partition coefficient (Wildman–Crippen LogP) is 1.05. The Morgan fingerprint density at radius 1 is 1.47 bits per heavy atom. The summed E-state index contributed by atoms with van der Waals surface area (Å²) in [5, 5.41) is 0. The fourth-order valence-corrected chi connectivity index (χ4v) is 4.09. The van der Waals surface area contributed by atoms with E-state index >= 15 is 0 Å². The van der Waals surface area contributed by atoms with Crippen molar-refractivity contribution in [1.29, 1.82) is 0 Å². The molecule has 82 valence electrons. The number of carbonyl (C=O) groups is 1. The molecule has 3 aliphatic rings. The van der Waals surface area contributed by atoms with Crippen molar-refractivity contribution >= 4 is 5.91 Å². The maximum absolute atomic E-state index is 11.7. The summed E-state index contributed by atoms with van der Waals surface area (Å²) in [6.07, 6.45) is 4.22. The fraction of sp³-hybridized carbons (Fsp3) is 0.750. The maximum Gasteiger partial charge on any atom is 0.246 e. The molecule has 1 heterocycles. The number of likely N-dealkylation sites (tertiary alicyclic amines) is 1. The Kier molecular flexibility index (Phi) is 1.93. The lowest BCUT2D eigenvalue weighted by Gasteiger charge is -2.30. The third-order valence-electron chi connectivity index (χ3n) is 4.55. The minimum atomic E-state index is 0.0806. The Bertz CT molecular complexity index is 313. The molecule has 3 nitrogen and oxygen atoms in total. The molecule has 0 N–H and O–H groups in total. The SMILES string of the molecule is C=CC(=O)N1CC2CC3CC2C1C3OC. The highest BCUT2D eigenvalue weighted by Crippen LogP contribution is 2.55. The summed E-state index contributed by atoms with van der Waals surface area (Å²) in [5.41, 5.74) is 0. The average molecular weight is 207 g/mol. The third kappa shape index (κ3) is 1.07. The van der Waals surface area contributed by atoms with E-state index in [-0.39, 0.29) is 12.0 Å². The van der Waals surface area contributed by atoms with Gasteiger partial charge in [-0.15, -0.1) is 0 Å². The van der Waals surface area contributed by atoms with E-state index in [9.17, 15) is 4.79 Å². The van der Waals surface area contributed by atoms with E-state index in [1.807, 2.05) is 4.90 Å². The lowest BCUT2D eigenvalue weighted by Crippen LogP contribution is -2.44. The molecule has 0 aromatic heterocycles. The fourth-order valence-electron chi connectivity index (χ4n) is 4.09. The molecular formula is C12H17NO2. The highest BCUT2D eigenvalue weighted by molar-refractivity contribution is 5.87. The minimum absolute atomic E-state index is 0.0806. The van der Waals surface area contributed by atoms with Crippen molar-refractivity contribution in [1.82, 2.24) is 4.90 Å². The van der Waals surface area contributed by atoms with Gasteiger partial charge in [-0.05, 0) is 36.7 Å². The Morgan fingerprint density at radius 3 is 2.93 bits per heavy atom. The van der Waals surface area contributed by atoms with Gasteiger partial charge >= 0.3 is 0 Å². The maximum atomic E-state index is 11.7. The van der Waals surface area contributed by atoms with Crippen LogP contribution in [0.25, 0.3) is 0 Å². The van der Waals surface area contributed by atoms with Crippen molar-refractivity contribution in [3.63, 3.8) is 0 Å². The molecule has 15 heavy (non-hydrogen) atoms. The summed E-state index contributed by atoms with van der Waals surface area (Å²) in [6, 6.07) is 0.337. The van der Waals surface area contributed by atoms with E-state index in [0.29, 0.717) is 17.9 Å². The van der Waals surface area contributed by atoms with Crippen molar-refractivity contribution in [2.45, 2.75) is 25.0 Å². The van der Waals surface area contributed by atoms with Gasteiger partial charge in [-0.25, -0.2) is 0 Å². The monoisotopic (exact) mass is 207 g/mol. The first kappa shape index (κ1) is 9.40. The first-order chi connectivity index (χ1) is 7.26. The summed E-state index contributed by atoms with van der Waals surface area (Å²) in [7, 11) is 1.77. The third-order valence-corrected chi connectivity index (χ3v) is 4.55. The summed E-state index contributed by atoms with van der Waals surface area (Å²) < 4.78 is 5.57. The smallest absolute Gasteiger partial charge is 0.246 e. The number of nitrogens with zero attached hydrogens (tertiary/aromatic N) is 1. The topological polar surface area (TPSA) is 29.5 Å². The largest absolute Gasteiger partial charge is 0.379 e. The van der Waals surface area contributed by atoms with E-state index in [2.05, 4.69) is 6.58 Å². The molecule has 3 heteroatoms. The molecule has 1 saturated heterocycles. The van der Waals surface area contributed by atoms with Gasteiger partial charge in [0.1, 0.15) is 0 Å². The second-order valence-electron chi connectivity index (χ2n) is 5.04. The van der Waals surface area contributed by atoms with Crippen molar-refractivity contribution in [3.8, 4) is 0 Å². The first-order valence-corrected chi connectivity index (χ1v) is 5.72. The van der Waals surface area contributed by atoms with E-state index in [1.165, 1.54) is 18.9 Å². The van der Waals surface area contributed by atoms with E-state index in [0.717, 1.165) is 12.5 Å². The molecule has 0 radical (unpaired) electrons. The minimum Gasteiger partial charge on any atom is -0.379 e. The molecule has 3 rings (SSSR count). The van der Waals surface area contributed by atoms with Gasteiger partial charge in [-0.1, -0.05) is 6.58 Å². The van der Waals surface area contributed by atoms with Crippen LogP contribution in [0.5, 0.6) is 0 Å². The molecule has 5 unspecified atom stereocenters. The van der Waals surface area contributed by atoms with Crippen LogP contribution in [-0.2, 0) is 9.53 Å². The second kappa shape index (κ2) is 3.08. The van der Waals surface area contributed by atoms with E-state index in [1.54, 1.807) is 7.11 Å². The average Bonchev–Trinajstić information content (AvgIpc) is 2.83. The highest BCUT2D eigenvalue weighted by Gasteiger charge is 2.60. The molecule has 1 amide bonds. The number of ether oxygens (including phenoxy) is 1. The zero-order valence-corrected chi connectivity index (χ0v) is 9.06. The molecule has 0 spiro atoms. The van der Waals surface area contributed by atoms with Gasteiger partial charge in [0.25, 0.3) is 0 Å². The van der Waals surface area contributed by atoms with Gasteiger partial charge in [0.15, 0.2) is 0 Å². The number of methoxy groups -OCH3 is 1. The number of amides is 1. The molecule has 3 fully saturated rings. The summed E-state index contributed by atoms with van der Waals surface area (Å²) in [6.45, 7) is 4.50. The highest BCUT2D eigenvalue weighted by atomic mass is 16.5. The Balaban J connectivity index is 1.90. The molecule has 1 aliphatic heterocycles. The van der Waals surface area contributed by atoms with Gasteiger partial charge in [0.05, 0.1) is 12.1 Å². The van der Waals surface area contributed by atoms with Gasteiger partial charge in [0, 0.05) is 13.7 Å². The van der Waals surface area contributed by atoms with Gasteiger partial charge in [0.2, 0.25) is 5.91 Å². The summed E-state index contributed by atoms with van der Waals surface area (Å²) in [5.74, 6) is 2.20. The van der Waals surface area contributed by atoms with Crippen LogP contribution >= 0.6 is 0 Å². The summed E-state index contributed by atoms with van der Waals surface area (Å²) in [4.78, 5) is 13.7. The van der Waals surface area contributed by atoms with Crippen molar-refractivity contribution < 1.29 is 9.53 Å². The van der Waals surface area contributed by atoms with Crippen LogP contribution in [-0.4, -0.2) is 36.6 Å². The van der Waals surface area contributed by atoms with Gasteiger partial charge in [-0.3, -0.25) is 4.79 Å². The van der Waals surface area contributed by atoms with Crippen molar-refractivity contribution in [2.24, 2.45) is 17.8 Å². The standard InChI is InChI=1S/C12H17NO2/c1-3-10(14)13-6-8-4-7-5-9(8)11(13)12(7)15-2/h3,7-9,11-12H,1,4-6H2,2H3. The van der Waals surface area contributed by atoms with Crippen LogP contribution < -0.4 is 0 Å². The number of carbonyl (C=O) groups excluding carboxylic acids is 1. The first-order valence-electron chi connectivity index (χ1n) is 5.72. The number of hydrogen-bond donors (Lipinski definition) is 0. The number of fused-ring (bicyclic) bond motifs is 1. The Morgan fingerprint density at radius 2 is 2.27 bits per heavy atom. The van der Waals surface area contributed by atoms with Crippen LogP contribution in [0.3, 0.4) is 0 Å². The molecule has 2 bridgehead atoms. The molecule has 0 aromatic carbocycles. The second-order valence-corrected chi connectivity index (χ2v) is 5.04. The van der Waals surface area contributed by atoms with Crippen molar-refractivity contribution in [2.75, 3.05) is 13.7 Å². The van der Waals surface area contributed by atoms with Gasteiger partial charge < -0.3 is 9.64 Å². The normalized spacial score (nSPS) is 46.2. The predicted molar refractivity (Wildman–Crippen MR) is 56.2 cm³/mol. The quantitative estimate of drug-likeness (QED) is 0.633. The van der Waals surface area contributed by atoms with Crippen LogP contribution in [0.15, 0.2) is 12.7 Å².